The number of hydrogen-bond donors (Lipinski definition) is 3. The number of aliphatic hydroxyl groups excluding tert-OH is 1. The third kappa shape index (κ3) is 3.66. The van der Waals surface area contributed by atoms with E-state index in [1.54, 1.807) is 6.07 Å². The van der Waals surface area contributed by atoms with E-state index in [9.17, 15) is 0 Å². The van der Waals surface area contributed by atoms with Gasteiger partial charge in [-0.1, -0.05) is 13.8 Å². The number of nitrogen functional groups attached to an aromatic ring is 1. The zero-order valence-corrected chi connectivity index (χ0v) is 9.90. The van der Waals surface area contributed by atoms with Gasteiger partial charge < -0.3 is 16.2 Å². The lowest BCUT2D eigenvalue weighted by atomic mass is 10.1. The van der Waals surface area contributed by atoms with Crippen molar-refractivity contribution < 1.29 is 5.11 Å². The molecule has 0 saturated heterocycles. The van der Waals surface area contributed by atoms with E-state index < -0.39 is 0 Å². The van der Waals surface area contributed by atoms with Gasteiger partial charge in [0.2, 0.25) is 0 Å². The number of rotatable bonds is 6. The van der Waals surface area contributed by atoms with Gasteiger partial charge in [0.1, 0.15) is 17.5 Å². The van der Waals surface area contributed by atoms with Crippen molar-refractivity contribution in [2.75, 3.05) is 17.7 Å². The van der Waals surface area contributed by atoms with Gasteiger partial charge in [-0.2, -0.15) is 0 Å². The van der Waals surface area contributed by atoms with Crippen LogP contribution >= 0.6 is 0 Å². The number of aliphatic hydroxyl groups is 1. The van der Waals surface area contributed by atoms with Crippen LogP contribution in [-0.4, -0.2) is 27.7 Å². The van der Waals surface area contributed by atoms with Crippen molar-refractivity contribution in [3.8, 4) is 0 Å². The Morgan fingerprint density at radius 3 is 2.75 bits per heavy atom. The molecule has 0 aliphatic heterocycles. The summed E-state index contributed by atoms with van der Waals surface area (Å²) < 4.78 is 0. The zero-order chi connectivity index (χ0) is 12.0. The second-order valence-electron chi connectivity index (χ2n) is 3.71. The predicted molar refractivity (Wildman–Crippen MR) is 65.2 cm³/mol. The van der Waals surface area contributed by atoms with E-state index in [-0.39, 0.29) is 12.6 Å². The first-order valence-electron chi connectivity index (χ1n) is 5.70. The molecular formula is C11H20N4O. The summed E-state index contributed by atoms with van der Waals surface area (Å²) in [5.41, 5.74) is 5.69. The number of anilines is 2. The summed E-state index contributed by atoms with van der Waals surface area (Å²) in [6, 6.07) is 1.95. The molecule has 1 heterocycles. The minimum absolute atomic E-state index is 0.173. The maximum absolute atomic E-state index is 8.90. The van der Waals surface area contributed by atoms with Crippen molar-refractivity contribution in [2.24, 2.45) is 0 Å². The van der Waals surface area contributed by atoms with Crippen molar-refractivity contribution in [2.45, 2.75) is 39.2 Å². The first kappa shape index (κ1) is 12.7. The lowest BCUT2D eigenvalue weighted by molar-refractivity contribution is 0.278. The van der Waals surface area contributed by atoms with Crippen LogP contribution in [0, 0.1) is 0 Å². The van der Waals surface area contributed by atoms with Gasteiger partial charge in [-0.25, -0.2) is 9.97 Å². The summed E-state index contributed by atoms with van der Waals surface area (Å²) in [7, 11) is 0. The minimum Gasteiger partial charge on any atom is -0.396 e. The molecule has 1 aromatic heterocycles. The van der Waals surface area contributed by atoms with Crippen LogP contribution in [0.2, 0.25) is 0 Å². The molecule has 5 nitrogen and oxygen atoms in total. The van der Waals surface area contributed by atoms with Gasteiger partial charge in [0, 0.05) is 25.1 Å². The summed E-state index contributed by atoms with van der Waals surface area (Å²) in [4.78, 5) is 8.45. The summed E-state index contributed by atoms with van der Waals surface area (Å²) in [5, 5.41) is 12.2. The van der Waals surface area contributed by atoms with Crippen molar-refractivity contribution in [1.29, 1.82) is 0 Å². The molecular weight excluding hydrogens is 204 g/mol. The molecule has 5 heteroatoms. The molecule has 0 bridgehead atoms. The van der Waals surface area contributed by atoms with Crippen LogP contribution in [0.5, 0.6) is 0 Å². The maximum Gasteiger partial charge on any atom is 0.132 e. The zero-order valence-electron chi connectivity index (χ0n) is 9.90. The molecule has 0 spiro atoms. The van der Waals surface area contributed by atoms with E-state index in [0.29, 0.717) is 12.2 Å². The Bertz CT molecular complexity index is 330. The van der Waals surface area contributed by atoms with E-state index in [1.807, 2.05) is 6.92 Å². The molecule has 90 valence electrons. The van der Waals surface area contributed by atoms with E-state index in [2.05, 4.69) is 22.2 Å². The predicted octanol–water partition coefficient (Wildman–Crippen LogP) is 1.19. The third-order valence-electron chi connectivity index (χ3n) is 2.43. The highest BCUT2D eigenvalue weighted by Crippen LogP contribution is 2.12. The normalized spacial score (nSPS) is 12.4. The minimum atomic E-state index is 0.173. The SMILES string of the molecule is CCc1nc(N)cc(NC(CC)CCO)n1. The van der Waals surface area contributed by atoms with E-state index in [0.717, 1.165) is 24.5 Å². The number of nitrogens with two attached hydrogens (primary N) is 1. The van der Waals surface area contributed by atoms with Crippen LogP contribution in [0.1, 0.15) is 32.5 Å². The molecule has 1 atom stereocenters. The Kier molecular flexibility index (Phi) is 4.98. The monoisotopic (exact) mass is 224 g/mol. The second-order valence-corrected chi connectivity index (χ2v) is 3.71. The van der Waals surface area contributed by atoms with Gasteiger partial charge in [-0.05, 0) is 12.8 Å². The van der Waals surface area contributed by atoms with E-state index >= 15 is 0 Å². The Morgan fingerprint density at radius 1 is 1.44 bits per heavy atom. The summed E-state index contributed by atoms with van der Waals surface area (Å²) in [5.74, 6) is 1.96. The molecule has 4 N–H and O–H groups in total. The fourth-order valence-electron chi connectivity index (χ4n) is 1.49. The fraction of sp³-hybridized carbons (Fsp3) is 0.636. The van der Waals surface area contributed by atoms with Crippen molar-refractivity contribution in [3.63, 3.8) is 0 Å². The average molecular weight is 224 g/mol. The van der Waals surface area contributed by atoms with Crippen LogP contribution in [0.4, 0.5) is 11.6 Å². The highest BCUT2D eigenvalue weighted by molar-refractivity contribution is 5.45. The van der Waals surface area contributed by atoms with Gasteiger partial charge in [0.15, 0.2) is 0 Å². The standard InChI is InChI=1S/C11H20N4O/c1-3-8(5-6-16)13-11-7-9(12)14-10(4-2)15-11/h7-8,16H,3-6H2,1-2H3,(H3,12,13,14,15). The van der Waals surface area contributed by atoms with Gasteiger partial charge in [0.25, 0.3) is 0 Å². The van der Waals surface area contributed by atoms with Gasteiger partial charge in [-0.15, -0.1) is 0 Å². The van der Waals surface area contributed by atoms with Crippen molar-refractivity contribution in [1.82, 2.24) is 9.97 Å². The van der Waals surface area contributed by atoms with Crippen molar-refractivity contribution >= 4 is 11.6 Å². The highest BCUT2D eigenvalue weighted by atomic mass is 16.3. The van der Waals surface area contributed by atoms with Crippen LogP contribution in [-0.2, 0) is 6.42 Å². The van der Waals surface area contributed by atoms with Crippen LogP contribution < -0.4 is 11.1 Å². The number of aryl methyl sites for hydroxylation is 1. The van der Waals surface area contributed by atoms with Gasteiger partial charge >= 0.3 is 0 Å². The average Bonchev–Trinajstić information content (AvgIpc) is 2.27. The molecule has 0 aliphatic rings. The van der Waals surface area contributed by atoms with E-state index in [1.165, 1.54) is 0 Å². The Labute approximate surface area is 96.1 Å². The first-order valence-corrected chi connectivity index (χ1v) is 5.70. The fourth-order valence-corrected chi connectivity index (χ4v) is 1.49. The van der Waals surface area contributed by atoms with Gasteiger partial charge in [0.05, 0.1) is 0 Å². The first-order chi connectivity index (χ1) is 7.69. The maximum atomic E-state index is 8.90. The van der Waals surface area contributed by atoms with E-state index in [4.69, 9.17) is 10.8 Å². The summed E-state index contributed by atoms with van der Waals surface area (Å²) in [6.45, 7) is 4.23. The second kappa shape index (κ2) is 6.27. The molecule has 0 aromatic carbocycles. The molecule has 0 amide bonds. The summed E-state index contributed by atoms with van der Waals surface area (Å²) in [6.07, 6.45) is 2.41. The Morgan fingerprint density at radius 2 is 2.19 bits per heavy atom. The smallest absolute Gasteiger partial charge is 0.132 e. The molecule has 1 rings (SSSR count). The molecule has 1 unspecified atom stereocenters. The lowest BCUT2D eigenvalue weighted by Crippen LogP contribution is -2.21. The van der Waals surface area contributed by atoms with Gasteiger partial charge in [-0.3, -0.25) is 0 Å². The van der Waals surface area contributed by atoms with Crippen LogP contribution in [0.3, 0.4) is 0 Å². The van der Waals surface area contributed by atoms with Crippen molar-refractivity contribution in [3.05, 3.63) is 11.9 Å². The molecule has 0 aliphatic carbocycles. The largest absolute Gasteiger partial charge is 0.396 e. The Hall–Kier alpha value is -1.36. The number of aromatic nitrogens is 2. The summed E-state index contributed by atoms with van der Waals surface area (Å²) >= 11 is 0. The lowest BCUT2D eigenvalue weighted by Gasteiger charge is -2.16. The number of nitrogens with one attached hydrogen (secondary N) is 1. The van der Waals surface area contributed by atoms with Crippen LogP contribution in [0.25, 0.3) is 0 Å². The molecule has 0 saturated carbocycles. The highest BCUT2D eigenvalue weighted by Gasteiger charge is 2.07. The number of hydrogen-bond acceptors (Lipinski definition) is 5. The molecule has 1 aromatic rings. The molecule has 16 heavy (non-hydrogen) atoms. The number of nitrogens with zero attached hydrogens (tertiary/aromatic N) is 2. The topological polar surface area (TPSA) is 84.1 Å². The molecule has 0 radical (unpaired) electrons. The molecule has 0 fully saturated rings. The third-order valence-corrected chi connectivity index (χ3v) is 2.43. The Balaban J connectivity index is 2.74. The quantitative estimate of drug-likeness (QED) is 0.676. The van der Waals surface area contributed by atoms with Crippen LogP contribution in [0.15, 0.2) is 6.07 Å².